The van der Waals surface area contributed by atoms with Gasteiger partial charge in [-0.1, -0.05) is 66.7 Å². The van der Waals surface area contributed by atoms with E-state index in [9.17, 15) is 32.7 Å². The Bertz CT molecular complexity index is 1670. The summed E-state index contributed by atoms with van der Waals surface area (Å²) in [7, 11) is 0. The molecule has 11 nitrogen and oxygen atoms in total. The second kappa shape index (κ2) is 15.8. The van der Waals surface area contributed by atoms with Gasteiger partial charge in [-0.25, -0.2) is 14.6 Å². The Balaban J connectivity index is 1.22. The third-order valence-corrected chi connectivity index (χ3v) is 8.22. The normalized spacial score (nSPS) is 16.0. The third kappa shape index (κ3) is 10.2. The monoisotopic (exact) mass is 710 g/mol. The second-order valence-corrected chi connectivity index (χ2v) is 13.4. The topological polar surface area (TPSA) is 130 Å². The average molecular weight is 711 g/mol. The molecule has 1 saturated heterocycles. The van der Waals surface area contributed by atoms with E-state index in [2.05, 4.69) is 4.99 Å². The number of piperidine rings is 1. The number of hydrogen-bond donors (Lipinski definition) is 2. The van der Waals surface area contributed by atoms with Gasteiger partial charge < -0.3 is 29.1 Å². The minimum absolute atomic E-state index is 0.112. The Morgan fingerprint density at radius 2 is 1.47 bits per heavy atom. The fraction of sp³-hybridized carbons (Fsp3) is 0.405. The van der Waals surface area contributed by atoms with E-state index in [0.29, 0.717) is 37.2 Å². The van der Waals surface area contributed by atoms with Crippen molar-refractivity contribution in [3.63, 3.8) is 0 Å². The lowest BCUT2D eigenvalue weighted by atomic mass is 10.0. The van der Waals surface area contributed by atoms with Crippen LogP contribution in [0.25, 0.3) is 0 Å². The number of hydrogen-bond acceptors (Lipinski definition) is 8. The number of nitrogens with zero attached hydrogens (tertiary/aromatic N) is 3. The number of aliphatic imine (C=N–C) groups is 1. The van der Waals surface area contributed by atoms with E-state index < -0.39 is 54.6 Å². The highest BCUT2D eigenvalue weighted by Gasteiger charge is 2.41. The maximum Gasteiger partial charge on any atom is 0.471 e. The van der Waals surface area contributed by atoms with Crippen molar-refractivity contribution in [2.75, 3.05) is 19.7 Å². The lowest BCUT2D eigenvalue weighted by Gasteiger charge is -2.33. The number of aliphatic hydroxyl groups is 1. The van der Waals surface area contributed by atoms with Crippen LogP contribution in [0.1, 0.15) is 62.0 Å². The average Bonchev–Trinajstić information content (AvgIpc) is 3.52. The number of ether oxygens (including phenoxy) is 3. The minimum Gasteiger partial charge on any atom is -0.490 e. The highest BCUT2D eigenvalue weighted by atomic mass is 19.4. The van der Waals surface area contributed by atoms with Gasteiger partial charge >= 0.3 is 24.1 Å². The van der Waals surface area contributed by atoms with E-state index >= 15 is 0 Å². The first kappa shape index (κ1) is 37.2. The van der Waals surface area contributed by atoms with Gasteiger partial charge in [-0.3, -0.25) is 10.1 Å². The first-order valence-electron chi connectivity index (χ1n) is 16.6. The summed E-state index contributed by atoms with van der Waals surface area (Å²) in [5, 5.41) is 12.6. The summed E-state index contributed by atoms with van der Waals surface area (Å²) in [6.07, 6.45) is -7.22. The Labute approximate surface area is 294 Å². The van der Waals surface area contributed by atoms with Crippen LogP contribution in [0.3, 0.4) is 0 Å². The molecule has 14 heteroatoms. The van der Waals surface area contributed by atoms with E-state index in [1.807, 2.05) is 66.0 Å². The molecule has 0 aliphatic carbocycles. The molecule has 0 radical (unpaired) electrons. The van der Waals surface area contributed by atoms with Crippen molar-refractivity contribution >= 4 is 23.9 Å². The quantitative estimate of drug-likeness (QED) is 0.178. The summed E-state index contributed by atoms with van der Waals surface area (Å²) in [6.45, 7) is 5.74. The van der Waals surface area contributed by atoms with Crippen LogP contribution in [-0.4, -0.2) is 82.5 Å². The van der Waals surface area contributed by atoms with Gasteiger partial charge in [0.25, 0.3) is 0 Å². The van der Waals surface area contributed by atoms with Crippen LogP contribution in [0.15, 0.2) is 83.9 Å². The molecule has 2 heterocycles. The molecule has 1 atom stereocenters. The van der Waals surface area contributed by atoms with Crippen LogP contribution < -0.4 is 10.1 Å². The van der Waals surface area contributed by atoms with Crippen LogP contribution in [0.4, 0.5) is 18.0 Å². The van der Waals surface area contributed by atoms with Gasteiger partial charge in [0.1, 0.15) is 18.0 Å². The first-order valence-corrected chi connectivity index (χ1v) is 16.6. The van der Waals surface area contributed by atoms with Crippen molar-refractivity contribution in [1.29, 1.82) is 0 Å². The first-order chi connectivity index (χ1) is 24.2. The zero-order valence-corrected chi connectivity index (χ0v) is 28.6. The summed E-state index contributed by atoms with van der Waals surface area (Å²) in [5.41, 5.74) is 2.26. The van der Waals surface area contributed by atoms with Gasteiger partial charge in [0, 0.05) is 26.2 Å². The summed E-state index contributed by atoms with van der Waals surface area (Å²) in [6, 6.07) is 22.8. The number of carbonyl (C=O) groups is 3. The number of carbonyl (C=O) groups excluding carboxylic acids is 3. The molecule has 3 aromatic carbocycles. The largest absolute Gasteiger partial charge is 0.490 e. The molecule has 0 spiro atoms. The Morgan fingerprint density at radius 1 is 0.882 bits per heavy atom. The molecule has 2 aliphatic rings. The number of benzene rings is 3. The molecular weight excluding hydrogens is 669 g/mol. The lowest BCUT2D eigenvalue weighted by molar-refractivity contribution is -0.172. The zero-order valence-electron chi connectivity index (χ0n) is 28.6. The van der Waals surface area contributed by atoms with E-state index in [4.69, 9.17) is 14.2 Å². The maximum atomic E-state index is 13.3. The zero-order chi connectivity index (χ0) is 36.8. The Hall–Kier alpha value is -5.11. The molecule has 0 bridgehead atoms. The highest BCUT2D eigenvalue weighted by molar-refractivity contribution is 5.99. The van der Waals surface area contributed by atoms with Crippen LogP contribution in [0.2, 0.25) is 0 Å². The number of rotatable bonds is 8. The standard InChI is InChI=1S/C37H41F3N4O7/c1-36(2,3)51-35(48)43-18-16-28(17-19-43)41-34(42-33(47)37(38,39)40)44-21-26-14-15-29(20-27(26)22-44)49-23-30(45)32(46)50-31(24-10-6-4-7-11-24)25-12-8-5-9-13-25/h4-15,20,28,30-31,45H,16-19,21-23H2,1-3H3,(H,41,42,47)/t30-/m1/s1. The van der Waals surface area contributed by atoms with Gasteiger partial charge in [0.15, 0.2) is 12.2 Å². The van der Waals surface area contributed by atoms with Crippen LogP contribution in [0.5, 0.6) is 5.75 Å². The summed E-state index contributed by atoms with van der Waals surface area (Å²) in [5.74, 6) is -2.93. The molecule has 2 aliphatic heterocycles. The number of nitrogens with one attached hydrogen (secondary N) is 1. The summed E-state index contributed by atoms with van der Waals surface area (Å²) in [4.78, 5) is 45.0. The highest BCUT2D eigenvalue weighted by Crippen LogP contribution is 2.29. The fourth-order valence-electron chi connectivity index (χ4n) is 5.67. The van der Waals surface area contributed by atoms with E-state index in [-0.39, 0.29) is 19.0 Å². The van der Waals surface area contributed by atoms with Crippen molar-refractivity contribution in [3.8, 4) is 5.75 Å². The van der Waals surface area contributed by atoms with Crippen molar-refractivity contribution in [1.82, 2.24) is 15.1 Å². The molecule has 1 fully saturated rings. The van der Waals surface area contributed by atoms with Crippen molar-refractivity contribution < 1.29 is 46.9 Å². The Morgan fingerprint density at radius 3 is 2.04 bits per heavy atom. The molecule has 272 valence electrons. The number of esters is 1. The molecule has 0 aromatic heterocycles. The molecule has 3 aromatic rings. The number of guanidine groups is 1. The number of alkyl halides is 3. The van der Waals surface area contributed by atoms with Crippen molar-refractivity contribution in [2.24, 2.45) is 4.99 Å². The van der Waals surface area contributed by atoms with Crippen LogP contribution in [0, 0.1) is 0 Å². The van der Waals surface area contributed by atoms with Crippen molar-refractivity contribution in [2.45, 2.75) is 76.7 Å². The summed E-state index contributed by atoms with van der Waals surface area (Å²) >= 11 is 0. The molecular formula is C37H41F3N4O7. The maximum absolute atomic E-state index is 13.3. The SMILES string of the molecule is CC(C)(C)OC(=O)N1CCC(N=C(NC(=O)C(F)(F)F)N2Cc3ccc(OC[C@@H](O)C(=O)OC(c4ccccc4)c4ccccc4)cc3C2)CC1. The van der Waals surface area contributed by atoms with Crippen molar-refractivity contribution in [3.05, 3.63) is 101 Å². The molecule has 51 heavy (non-hydrogen) atoms. The van der Waals surface area contributed by atoms with Gasteiger partial charge in [0.05, 0.1) is 6.04 Å². The van der Waals surface area contributed by atoms with E-state index in [1.165, 1.54) is 9.80 Å². The molecule has 5 rings (SSSR count). The smallest absolute Gasteiger partial charge is 0.471 e. The number of aliphatic hydroxyl groups excluding tert-OH is 1. The number of fused-ring (bicyclic) bond motifs is 1. The van der Waals surface area contributed by atoms with Gasteiger partial charge in [0.2, 0.25) is 5.96 Å². The summed E-state index contributed by atoms with van der Waals surface area (Å²) < 4.78 is 56.8. The van der Waals surface area contributed by atoms with Gasteiger partial charge in [-0.05, 0) is 68.0 Å². The number of halogens is 3. The molecule has 0 saturated carbocycles. The van der Waals surface area contributed by atoms with Gasteiger partial charge in [-0.2, -0.15) is 13.2 Å². The fourth-order valence-corrected chi connectivity index (χ4v) is 5.67. The van der Waals surface area contributed by atoms with E-state index in [1.54, 1.807) is 39.0 Å². The third-order valence-electron chi connectivity index (χ3n) is 8.22. The van der Waals surface area contributed by atoms with Gasteiger partial charge in [-0.15, -0.1) is 0 Å². The lowest BCUT2D eigenvalue weighted by Crippen LogP contribution is -2.48. The van der Waals surface area contributed by atoms with Crippen LogP contribution in [-0.2, 0) is 32.2 Å². The minimum atomic E-state index is -5.13. The molecule has 2 N–H and O–H groups in total. The molecule has 0 unspecified atom stereocenters. The predicted octanol–water partition coefficient (Wildman–Crippen LogP) is 5.51. The number of likely N-dealkylation sites (tertiary alicyclic amines) is 1. The molecule has 2 amide bonds. The Kier molecular flexibility index (Phi) is 11.5. The second-order valence-electron chi connectivity index (χ2n) is 13.4. The number of amides is 2. The van der Waals surface area contributed by atoms with Crippen LogP contribution >= 0.6 is 0 Å². The predicted molar refractivity (Wildman–Crippen MR) is 180 cm³/mol. The van der Waals surface area contributed by atoms with E-state index in [0.717, 1.165) is 16.7 Å².